The summed E-state index contributed by atoms with van der Waals surface area (Å²) < 4.78 is 0. The molecule has 4 heteroatoms. The molecule has 20 heavy (non-hydrogen) atoms. The maximum atomic E-state index is 12.7. The van der Waals surface area contributed by atoms with E-state index in [1.54, 1.807) is 0 Å². The largest absolute Gasteiger partial charge is 0.388 e. The number of amides is 1. The van der Waals surface area contributed by atoms with Gasteiger partial charge in [-0.25, -0.2) is 0 Å². The van der Waals surface area contributed by atoms with Crippen LogP contribution in [-0.4, -0.2) is 56.0 Å². The number of piperidine rings is 1. The zero-order valence-corrected chi connectivity index (χ0v) is 12.9. The number of anilines is 1. The summed E-state index contributed by atoms with van der Waals surface area (Å²) in [6.45, 7) is 3.71. The van der Waals surface area contributed by atoms with Crippen LogP contribution in [0.15, 0.2) is 18.2 Å². The standard InChI is InChI=1S/C16H25N3O/c1-12-10-13(17-2)7-8-15(12)16(20)19-9-5-6-14(11-19)18(3)4/h7-8,10,14,17H,5-6,9,11H2,1-4H3. The first-order valence-corrected chi connectivity index (χ1v) is 7.27. The Bertz CT molecular complexity index is 485. The van der Waals surface area contributed by atoms with Crippen molar-refractivity contribution in [2.24, 2.45) is 0 Å². The van der Waals surface area contributed by atoms with Crippen LogP contribution in [0.1, 0.15) is 28.8 Å². The lowest BCUT2D eigenvalue weighted by atomic mass is 10.0. The first kappa shape index (κ1) is 14.9. The first-order chi connectivity index (χ1) is 9.52. The Hall–Kier alpha value is -1.55. The minimum absolute atomic E-state index is 0.164. The fraction of sp³-hybridized carbons (Fsp3) is 0.562. The molecule has 1 N–H and O–H groups in total. The highest BCUT2D eigenvalue weighted by atomic mass is 16.2. The van der Waals surface area contributed by atoms with Crippen LogP contribution >= 0.6 is 0 Å². The molecule has 1 atom stereocenters. The Labute approximate surface area is 121 Å². The minimum Gasteiger partial charge on any atom is -0.388 e. The highest BCUT2D eigenvalue weighted by molar-refractivity contribution is 5.96. The molecule has 1 aliphatic rings. The molecule has 2 rings (SSSR count). The summed E-state index contributed by atoms with van der Waals surface area (Å²) in [6.07, 6.45) is 2.26. The van der Waals surface area contributed by atoms with Crippen LogP contribution in [0.25, 0.3) is 0 Å². The zero-order chi connectivity index (χ0) is 14.7. The van der Waals surface area contributed by atoms with Gasteiger partial charge in [0.05, 0.1) is 0 Å². The van der Waals surface area contributed by atoms with Crippen LogP contribution in [-0.2, 0) is 0 Å². The number of nitrogens with zero attached hydrogens (tertiary/aromatic N) is 2. The molecular formula is C16H25N3O. The Morgan fingerprint density at radius 1 is 1.40 bits per heavy atom. The van der Waals surface area contributed by atoms with E-state index in [0.717, 1.165) is 36.3 Å². The van der Waals surface area contributed by atoms with E-state index in [1.165, 1.54) is 6.42 Å². The van der Waals surface area contributed by atoms with Gasteiger partial charge in [-0.15, -0.1) is 0 Å². The molecule has 0 aliphatic carbocycles. The minimum atomic E-state index is 0.164. The van der Waals surface area contributed by atoms with Gasteiger partial charge in [0.2, 0.25) is 0 Å². The molecule has 1 saturated heterocycles. The molecule has 1 aromatic rings. The van der Waals surface area contributed by atoms with Crippen LogP contribution < -0.4 is 5.32 Å². The molecule has 0 saturated carbocycles. The monoisotopic (exact) mass is 275 g/mol. The lowest BCUT2D eigenvalue weighted by Gasteiger charge is -2.36. The van der Waals surface area contributed by atoms with Crippen molar-refractivity contribution in [3.05, 3.63) is 29.3 Å². The van der Waals surface area contributed by atoms with E-state index >= 15 is 0 Å². The van der Waals surface area contributed by atoms with Gasteiger partial charge in [0.15, 0.2) is 0 Å². The summed E-state index contributed by atoms with van der Waals surface area (Å²) in [6, 6.07) is 6.40. The second-order valence-electron chi connectivity index (χ2n) is 5.79. The number of carbonyl (C=O) groups is 1. The molecule has 0 bridgehead atoms. The molecule has 1 aromatic carbocycles. The molecule has 1 unspecified atom stereocenters. The maximum Gasteiger partial charge on any atom is 0.254 e. The predicted molar refractivity (Wildman–Crippen MR) is 83.3 cm³/mol. The van der Waals surface area contributed by atoms with Gasteiger partial charge in [-0.3, -0.25) is 4.79 Å². The number of hydrogen-bond acceptors (Lipinski definition) is 3. The number of hydrogen-bond donors (Lipinski definition) is 1. The summed E-state index contributed by atoms with van der Waals surface area (Å²) in [4.78, 5) is 16.9. The van der Waals surface area contributed by atoms with E-state index in [2.05, 4.69) is 24.3 Å². The van der Waals surface area contributed by atoms with Gasteiger partial charge < -0.3 is 15.1 Å². The van der Waals surface area contributed by atoms with Crippen LogP contribution in [0.3, 0.4) is 0 Å². The van der Waals surface area contributed by atoms with Gasteiger partial charge in [-0.2, -0.15) is 0 Å². The summed E-state index contributed by atoms with van der Waals surface area (Å²) in [5.74, 6) is 0.164. The van der Waals surface area contributed by atoms with Crippen molar-refractivity contribution < 1.29 is 4.79 Å². The van der Waals surface area contributed by atoms with E-state index in [9.17, 15) is 4.79 Å². The quantitative estimate of drug-likeness (QED) is 0.918. The Morgan fingerprint density at radius 3 is 2.75 bits per heavy atom. The molecule has 1 heterocycles. The fourth-order valence-electron chi connectivity index (χ4n) is 2.79. The van der Waals surface area contributed by atoms with Gasteiger partial charge in [-0.1, -0.05) is 0 Å². The molecule has 110 valence electrons. The number of likely N-dealkylation sites (tertiary alicyclic amines) is 1. The van der Waals surface area contributed by atoms with Crippen molar-refractivity contribution in [1.82, 2.24) is 9.80 Å². The summed E-state index contributed by atoms with van der Waals surface area (Å²) in [5, 5.41) is 3.10. The molecule has 4 nitrogen and oxygen atoms in total. The van der Waals surface area contributed by atoms with E-state index in [-0.39, 0.29) is 5.91 Å². The van der Waals surface area contributed by atoms with Crippen molar-refractivity contribution in [2.75, 3.05) is 39.5 Å². The maximum absolute atomic E-state index is 12.7. The molecule has 0 spiro atoms. The Balaban J connectivity index is 2.14. The van der Waals surface area contributed by atoms with Gasteiger partial charge in [-0.05, 0) is 57.6 Å². The van der Waals surface area contributed by atoms with Gasteiger partial charge in [0.1, 0.15) is 0 Å². The second kappa shape index (κ2) is 6.27. The van der Waals surface area contributed by atoms with Crippen LogP contribution in [0.2, 0.25) is 0 Å². The number of rotatable bonds is 3. The van der Waals surface area contributed by atoms with Crippen molar-refractivity contribution in [3.63, 3.8) is 0 Å². The normalized spacial score (nSPS) is 19.2. The second-order valence-corrected chi connectivity index (χ2v) is 5.79. The van der Waals surface area contributed by atoms with Gasteiger partial charge in [0, 0.05) is 37.4 Å². The predicted octanol–water partition coefficient (Wildman–Crippen LogP) is 2.20. The number of carbonyl (C=O) groups excluding carboxylic acids is 1. The third-order valence-corrected chi connectivity index (χ3v) is 4.16. The third kappa shape index (κ3) is 3.12. The van der Waals surface area contributed by atoms with Crippen molar-refractivity contribution in [1.29, 1.82) is 0 Å². The van der Waals surface area contributed by atoms with Crippen LogP contribution in [0, 0.1) is 6.92 Å². The fourth-order valence-corrected chi connectivity index (χ4v) is 2.79. The van der Waals surface area contributed by atoms with Crippen molar-refractivity contribution >= 4 is 11.6 Å². The number of benzene rings is 1. The van der Waals surface area contributed by atoms with Crippen molar-refractivity contribution in [3.8, 4) is 0 Å². The molecule has 0 aromatic heterocycles. The summed E-state index contributed by atoms with van der Waals surface area (Å²) in [5.41, 5.74) is 2.90. The average Bonchev–Trinajstić information content (AvgIpc) is 2.46. The molecule has 1 fully saturated rings. The lowest BCUT2D eigenvalue weighted by molar-refractivity contribution is 0.0634. The first-order valence-electron chi connectivity index (χ1n) is 7.27. The highest BCUT2D eigenvalue weighted by Gasteiger charge is 2.26. The van der Waals surface area contributed by atoms with Crippen LogP contribution in [0.5, 0.6) is 0 Å². The van der Waals surface area contributed by atoms with Crippen LogP contribution in [0.4, 0.5) is 5.69 Å². The number of aryl methyl sites for hydroxylation is 1. The lowest BCUT2D eigenvalue weighted by Crippen LogP contribution is -2.47. The van der Waals surface area contributed by atoms with E-state index < -0.39 is 0 Å². The Kier molecular flexibility index (Phi) is 4.65. The highest BCUT2D eigenvalue weighted by Crippen LogP contribution is 2.20. The topological polar surface area (TPSA) is 35.6 Å². The SMILES string of the molecule is CNc1ccc(C(=O)N2CCCC(N(C)C)C2)c(C)c1. The van der Waals surface area contributed by atoms with E-state index in [0.29, 0.717) is 6.04 Å². The molecular weight excluding hydrogens is 250 g/mol. The molecule has 0 radical (unpaired) electrons. The van der Waals surface area contributed by atoms with Gasteiger partial charge >= 0.3 is 0 Å². The molecule has 1 amide bonds. The molecule has 1 aliphatic heterocycles. The average molecular weight is 275 g/mol. The van der Waals surface area contributed by atoms with Crippen molar-refractivity contribution in [2.45, 2.75) is 25.8 Å². The Morgan fingerprint density at radius 2 is 2.15 bits per heavy atom. The third-order valence-electron chi connectivity index (χ3n) is 4.16. The zero-order valence-electron chi connectivity index (χ0n) is 12.9. The summed E-state index contributed by atoms with van der Waals surface area (Å²) in [7, 11) is 6.07. The van der Waals surface area contributed by atoms with E-state index in [1.807, 2.05) is 37.1 Å². The summed E-state index contributed by atoms with van der Waals surface area (Å²) >= 11 is 0. The van der Waals surface area contributed by atoms with Gasteiger partial charge in [0.25, 0.3) is 5.91 Å². The van der Waals surface area contributed by atoms with E-state index in [4.69, 9.17) is 0 Å². The number of nitrogens with one attached hydrogen (secondary N) is 1. The number of likely N-dealkylation sites (N-methyl/N-ethyl adjacent to an activating group) is 1. The smallest absolute Gasteiger partial charge is 0.254 e.